The Labute approximate surface area is 142 Å². The molecular weight excluding hydrogens is 362 g/mol. The summed E-state index contributed by atoms with van der Waals surface area (Å²) in [4.78, 5) is 26.2. The molecule has 1 N–H and O–H groups in total. The molecule has 3 aliphatic heterocycles. The van der Waals surface area contributed by atoms with Crippen molar-refractivity contribution in [2.24, 2.45) is 11.8 Å². The topological polar surface area (TPSA) is 66.8 Å². The maximum absolute atomic E-state index is 12.9. The number of hydrogen-bond donors (Lipinski definition) is 1. The van der Waals surface area contributed by atoms with Gasteiger partial charge in [0, 0.05) is 4.47 Å². The third kappa shape index (κ3) is 2.01. The average Bonchev–Trinajstić information content (AvgIpc) is 3.15. The summed E-state index contributed by atoms with van der Waals surface area (Å²) in [6.45, 7) is 2.37. The summed E-state index contributed by atoms with van der Waals surface area (Å²) in [6.07, 6.45) is 3.19. The van der Waals surface area contributed by atoms with Crippen molar-refractivity contribution in [2.75, 3.05) is 6.54 Å². The Morgan fingerprint density at radius 1 is 1.43 bits per heavy atom. The van der Waals surface area contributed by atoms with Crippen LogP contribution >= 0.6 is 15.9 Å². The lowest BCUT2D eigenvalue weighted by Crippen LogP contribution is -2.39. The third-order valence-corrected chi connectivity index (χ3v) is 5.76. The van der Waals surface area contributed by atoms with Gasteiger partial charge >= 0.3 is 5.97 Å². The Morgan fingerprint density at radius 2 is 2.13 bits per heavy atom. The SMILES string of the molecule is C[C@H](c1ccc(Br)cc1)N1C[C@@]23C=C[C@H](O2)[C@H](C(=O)O)[C@@H]3C1=O. The van der Waals surface area contributed by atoms with Crippen molar-refractivity contribution in [3.63, 3.8) is 0 Å². The van der Waals surface area contributed by atoms with Gasteiger partial charge in [-0.1, -0.05) is 40.2 Å². The van der Waals surface area contributed by atoms with E-state index in [1.54, 1.807) is 11.0 Å². The van der Waals surface area contributed by atoms with Gasteiger partial charge in [0.25, 0.3) is 0 Å². The molecule has 0 aromatic heterocycles. The lowest BCUT2D eigenvalue weighted by Gasteiger charge is -2.27. The Bertz CT molecular complexity index is 716. The van der Waals surface area contributed by atoms with Crippen LogP contribution in [0.5, 0.6) is 0 Å². The predicted molar refractivity (Wildman–Crippen MR) is 85.6 cm³/mol. The molecular formula is C17H16BrNO4. The number of ether oxygens (including phenoxy) is 1. The molecule has 0 unspecified atom stereocenters. The van der Waals surface area contributed by atoms with Crippen molar-refractivity contribution < 1.29 is 19.4 Å². The van der Waals surface area contributed by atoms with Crippen LogP contribution in [-0.2, 0) is 14.3 Å². The molecule has 2 saturated heterocycles. The lowest BCUT2D eigenvalue weighted by molar-refractivity contribution is -0.148. The van der Waals surface area contributed by atoms with Crippen LogP contribution in [0.15, 0.2) is 40.9 Å². The van der Waals surface area contributed by atoms with Gasteiger partial charge in [-0.05, 0) is 24.6 Å². The molecule has 23 heavy (non-hydrogen) atoms. The number of aliphatic carboxylic acids is 1. The Balaban J connectivity index is 1.66. The normalized spacial score (nSPS) is 35.7. The molecule has 1 spiro atoms. The quantitative estimate of drug-likeness (QED) is 0.821. The Morgan fingerprint density at radius 3 is 2.78 bits per heavy atom. The highest BCUT2D eigenvalue weighted by Gasteiger charge is 2.67. The van der Waals surface area contributed by atoms with Crippen LogP contribution in [0.4, 0.5) is 0 Å². The van der Waals surface area contributed by atoms with E-state index in [0.717, 1.165) is 10.0 Å². The minimum Gasteiger partial charge on any atom is -0.481 e. The largest absolute Gasteiger partial charge is 0.481 e. The van der Waals surface area contributed by atoms with E-state index in [1.165, 1.54) is 0 Å². The van der Waals surface area contributed by atoms with Gasteiger partial charge in [-0.3, -0.25) is 9.59 Å². The molecule has 3 aliphatic rings. The fourth-order valence-corrected chi connectivity index (χ4v) is 4.32. The molecule has 1 amide bonds. The van der Waals surface area contributed by atoms with E-state index in [9.17, 15) is 14.7 Å². The molecule has 5 nitrogen and oxygen atoms in total. The van der Waals surface area contributed by atoms with E-state index in [1.807, 2.05) is 37.3 Å². The van der Waals surface area contributed by atoms with Crippen molar-refractivity contribution in [3.05, 3.63) is 46.5 Å². The highest BCUT2D eigenvalue weighted by atomic mass is 79.9. The second kappa shape index (κ2) is 4.92. The molecule has 0 radical (unpaired) electrons. The second-order valence-corrected chi connectivity index (χ2v) is 7.35. The third-order valence-electron chi connectivity index (χ3n) is 5.23. The number of likely N-dealkylation sites (tertiary alicyclic amines) is 1. The minimum absolute atomic E-state index is 0.124. The number of rotatable bonds is 3. The molecule has 4 rings (SSSR count). The Hall–Kier alpha value is -1.66. The minimum atomic E-state index is -0.960. The number of carboxylic acid groups (broad SMARTS) is 1. The fourth-order valence-electron chi connectivity index (χ4n) is 4.06. The Kier molecular flexibility index (Phi) is 3.19. The highest BCUT2D eigenvalue weighted by Crippen LogP contribution is 2.53. The van der Waals surface area contributed by atoms with Crippen LogP contribution < -0.4 is 0 Å². The first-order valence-electron chi connectivity index (χ1n) is 7.59. The number of carboxylic acids is 1. The van der Waals surface area contributed by atoms with Gasteiger partial charge in [0.1, 0.15) is 11.5 Å². The number of carbonyl (C=O) groups excluding carboxylic acids is 1. The van der Waals surface area contributed by atoms with Gasteiger partial charge < -0.3 is 14.7 Å². The van der Waals surface area contributed by atoms with E-state index in [4.69, 9.17) is 4.74 Å². The number of fused-ring (bicyclic) bond motifs is 1. The van der Waals surface area contributed by atoms with Gasteiger partial charge in [0.05, 0.1) is 24.6 Å². The zero-order valence-corrected chi connectivity index (χ0v) is 14.1. The molecule has 3 heterocycles. The first-order chi connectivity index (χ1) is 10.9. The number of benzene rings is 1. The van der Waals surface area contributed by atoms with Crippen LogP contribution in [-0.4, -0.2) is 40.1 Å². The van der Waals surface area contributed by atoms with Crippen LogP contribution in [0.25, 0.3) is 0 Å². The van der Waals surface area contributed by atoms with Crippen molar-refractivity contribution in [1.29, 1.82) is 0 Å². The molecule has 2 fully saturated rings. The summed E-state index contributed by atoms with van der Waals surface area (Å²) in [5.74, 6) is -2.49. The predicted octanol–water partition coefficient (Wildman–Crippen LogP) is 2.38. The molecule has 0 saturated carbocycles. The van der Waals surface area contributed by atoms with Gasteiger partial charge in [-0.15, -0.1) is 0 Å². The number of nitrogens with zero attached hydrogens (tertiary/aromatic N) is 1. The standard InChI is InChI=1S/C17H16BrNO4/c1-9(10-2-4-11(18)5-3-10)19-8-17-7-6-12(23-17)13(16(21)22)14(17)15(19)20/h2-7,9,12-14H,8H2,1H3,(H,21,22)/t9-,12+,13+,14-,17-/m1/s1. The van der Waals surface area contributed by atoms with Crippen LogP contribution in [0, 0.1) is 11.8 Å². The first-order valence-corrected chi connectivity index (χ1v) is 8.38. The average molecular weight is 378 g/mol. The van der Waals surface area contributed by atoms with Crippen LogP contribution in [0.2, 0.25) is 0 Å². The van der Waals surface area contributed by atoms with Crippen molar-refractivity contribution >= 4 is 27.8 Å². The van der Waals surface area contributed by atoms with E-state index in [0.29, 0.717) is 6.54 Å². The number of carbonyl (C=O) groups is 2. The van der Waals surface area contributed by atoms with Gasteiger partial charge in [0.2, 0.25) is 5.91 Å². The molecule has 6 heteroatoms. The van der Waals surface area contributed by atoms with Gasteiger partial charge in [0.15, 0.2) is 0 Å². The number of hydrogen-bond acceptors (Lipinski definition) is 3. The summed E-state index contributed by atoms with van der Waals surface area (Å²) in [5, 5.41) is 9.48. The summed E-state index contributed by atoms with van der Waals surface area (Å²) < 4.78 is 6.88. The molecule has 0 aliphatic carbocycles. The summed E-state index contributed by atoms with van der Waals surface area (Å²) in [5.41, 5.74) is 0.248. The lowest BCUT2D eigenvalue weighted by atomic mass is 9.77. The number of halogens is 1. The fraction of sp³-hybridized carbons (Fsp3) is 0.412. The summed E-state index contributed by atoms with van der Waals surface area (Å²) in [6, 6.07) is 7.69. The summed E-state index contributed by atoms with van der Waals surface area (Å²) >= 11 is 3.40. The zero-order valence-electron chi connectivity index (χ0n) is 12.5. The highest BCUT2D eigenvalue weighted by molar-refractivity contribution is 9.10. The van der Waals surface area contributed by atoms with Crippen LogP contribution in [0.3, 0.4) is 0 Å². The van der Waals surface area contributed by atoms with E-state index >= 15 is 0 Å². The zero-order chi connectivity index (χ0) is 16.4. The van der Waals surface area contributed by atoms with Crippen LogP contribution in [0.1, 0.15) is 18.5 Å². The van der Waals surface area contributed by atoms with Gasteiger partial charge in [-0.2, -0.15) is 0 Å². The van der Waals surface area contributed by atoms with E-state index in [2.05, 4.69) is 15.9 Å². The molecule has 2 bridgehead atoms. The second-order valence-electron chi connectivity index (χ2n) is 6.43. The van der Waals surface area contributed by atoms with Crippen molar-refractivity contribution in [3.8, 4) is 0 Å². The number of amides is 1. The maximum atomic E-state index is 12.9. The summed E-state index contributed by atoms with van der Waals surface area (Å²) in [7, 11) is 0. The maximum Gasteiger partial charge on any atom is 0.310 e. The molecule has 120 valence electrons. The molecule has 1 aromatic rings. The molecule has 5 atom stereocenters. The van der Waals surface area contributed by atoms with Crippen molar-refractivity contribution in [1.82, 2.24) is 4.90 Å². The van der Waals surface area contributed by atoms with Gasteiger partial charge in [-0.25, -0.2) is 0 Å². The smallest absolute Gasteiger partial charge is 0.310 e. The van der Waals surface area contributed by atoms with E-state index < -0.39 is 29.5 Å². The van der Waals surface area contributed by atoms with E-state index in [-0.39, 0.29) is 11.9 Å². The first kappa shape index (κ1) is 14.9. The monoisotopic (exact) mass is 377 g/mol. The molecule has 1 aromatic carbocycles. The van der Waals surface area contributed by atoms with Crippen molar-refractivity contribution in [2.45, 2.75) is 24.7 Å².